The van der Waals surface area contributed by atoms with Crippen LogP contribution in [0, 0.1) is 0 Å². The van der Waals surface area contributed by atoms with Crippen LogP contribution in [0.2, 0.25) is 0 Å². The maximum atomic E-state index is 11.7. The van der Waals surface area contributed by atoms with Crippen LogP contribution >= 0.6 is 11.6 Å². The van der Waals surface area contributed by atoms with E-state index in [2.05, 4.69) is 0 Å². The highest BCUT2D eigenvalue weighted by Gasteiger charge is 2.34. The minimum absolute atomic E-state index is 0.0276. The molecule has 4 nitrogen and oxygen atoms in total. The molecular formula is C10H18ClNO3. The van der Waals surface area contributed by atoms with Gasteiger partial charge in [-0.3, -0.25) is 4.79 Å². The first kappa shape index (κ1) is 12.7. The fraction of sp³-hybridized carbons (Fsp3) is 0.900. The van der Waals surface area contributed by atoms with Crippen molar-refractivity contribution in [3.63, 3.8) is 0 Å². The summed E-state index contributed by atoms with van der Waals surface area (Å²) in [4.78, 5) is 13.4. The Morgan fingerprint density at radius 2 is 2.33 bits per heavy atom. The molecule has 1 unspecified atom stereocenters. The zero-order valence-electron chi connectivity index (χ0n) is 9.20. The number of halogens is 1. The van der Waals surface area contributed by atoms with Crippen molar-refractivity contribution in [1.29, 1.82) is 0 Å². The van der Waals surface area contributed by atoms with E-state index >= 15 is 0 Å². The third-order valence-electron chi connectivity index (χ3n) is 2.35. The zero-order valence-corrected chi connectivity index (χ0v) is 9.96. The number of rotatable bonds is 3. The smallest absolute Gasteiger partial charge is 0.223 e. The highest BCUT2D eigenvalue weighted by atomic mass is 35.5. The fourth-order valence-electron chi connectivity index (χ4n) is 1.82. The second-order valence-electron chi connectivity index (χ2n) is 4.40. The second kappa shape index (κ2) is 5.14. The lowest BCUT2D eigenvalue weighted by molar-refractivity contribution is -0.166. The monoisotopic (exact) mass is 235 g/mol. The molecule has 1 amide bonds. The Bertz CT molecular complexity index is 233. The molecular weight excluding hydrogens is 218 g/mol. The Morgan fingerprint density at radius 1 is 1.67 bits per heavy atom. The summed E-state index contributed by atoms with van der Waals surface area (Å²) < 4.78 is 5.60. The summed E-state index contributed by atoms with van der Waals surface area (Å²) in [5.41, 5.74) is -0.395. The molecule has 1 aliphatic rings. The lowest BCUT2D eigenvalue weighted by Gasteiger charge is -2.42. The van der Waals surface area contributed by atoms with E-state index in [1.54, 1.807) is 4.90 Å². The van der Waals surface area contributed by atoms with Gasteiger partial charge in [-0.1, -0.05) is 0 Å². The van der Waals surface area contributed by atoms with Crippen LogP contribution in [0.4, 0.5) is 0 Å². The van der Waals surface area contributed by atoms with Crippen molar-refractivity contribution in [3.8, 4) is 0 Å². The topological polar surface area (TPSA) is 49.8 Å². The maximum absolute atomic E-state index is 11.7. The Balaban J connectivity index is 2.61. The van der Waals surface area contributed by atoms with Crippen LogP contribution in [0.15, 0.2) is 0 Å². The molecule has 1 saturated heterocycles. The highest BCUT2D eigenvalue weighted by molar-refractivity contribution is 6.18. The van der Waals surface area contributed by atoms with Gasteiger partial charge >= 0.3 is 0 Å². The molecule has 15 heavy (non-hydrogen) atoms. The number of hydrogen-bond acceptors (Lipinski definition) is 3. The average molecular weight is 236 g/mol. The number of morpholine rings is 1. The fourth-order valence-corrected chi connectivity index (χ4v) is 1.98. The van der Waals surface area contributed by atoms with Gasteiger partial charge in [0.1, 0.15) is 0 Å². The van der Waals surface area contributed by atoms with Crippen LogP contribution < -0.4 is 0 Å². The van der Waals surface area contributed by atoms with Gasteiger partial charge in [-0.05, 0) is 13.8 Å². The van der Waals surface area contributed by atoms with Crippen molar-refractivity contribution in [1.82, 2.24) is 4.90 Å². The van der Waals surface area contributed by atoms with E-state index in [-0.39, 0.29) is 18.6 Å². The molecule has 0 aliphatic carbocycles. The van der Waals surface area contributed by atoms with Crippen LogP contribution in [0.1, 0.15) is 20.3 Å². The number of alkyl halides is 1. The SMILES string of the molecule is CC1(C)CN(C(=O)CCCl)CC(CO)O1. The van der Waals surface area contributed by atoms with Crippen molar-refractivity contribution in [2.24, 2.45) is 0 Å². The van der Waals surface area contributed by atoms with Gasteiger partial charge in [0.25, 0.3) is 0 Å². The Hall–Kier alpha value is -0.320. The van der Waals surface area contributed by atoms with Gasteiger partial charge in [-0.15, -0.1) is 11.6 Å². The first-order valence-electron chi connectivity index (χ1n) is 5.11. The van der Waals surface area contributed by atoms with E-state index in [4.69, 9.17) is 21.4 Å². The van der Waals surface area contributed by atoms with Crippen molar-refractivity contribution in [3.05, 3.63) is 0 Å². The number of nitrogens with zero attached hydrogens (tertiary/aromatic N) is 1. The highest BCUT2D eigenvalue weighted by Crippen LogP contribution is 2.21. The van der Waals surface area contributed by atoms with Crippen molar-refractivity contribution >= 4 is 17.5 Å². The predicted octanol–water partition coefficient (Wildman–Crippen LogP) is 0.614. The molecule has 0 aromatic carbocycles. The molecule has 0 spiro atoms. The second-order valence-corrected chi connectivity index (χ2v) is 4.77. The van der Waals surface area contributed by atoms with Crippen LogP contribution in [0.5, 0.6) is 0 Å². The first-order valence-corrected chi connectivity index (χ1v) is 5.64. The average Bonchev–Trinajstić information content (AvgIpc) is 2.15. The first-order chi connectivity index (χ1) is 6.98. The van der Waals surface area contributed by atoms with Crippen molar-refractivity contribution < 1.29 is 14.6 Å². The quantitative estimate of drug-likeness (QED) is 0.730. The van der Waals surface area contributed by atoms with E-state index in [0.717, 1.165) is 0 Å². The Kier molecular flexibility index (Phi) is 4.37. The van der Waals surface area contributed by atoms with Crippen molar-refractivity contribution in [2.75, 3.05) is 25.6 Å². The molecule has 88 valence electrons. The van der Waals surface area contributed by atoms with Gasteiger partial charge in [0.15, 0.2) is 0 Å². The predicted molar refractivity (Wildman–Crippen MR) is 58.0 cm³/mol. The molecule has 0 aromatic heterocycles. The molecule has 1 aliphatic heterocycles. The number of aliphatic hydroxyl groups excluding tert-OH is 1. The lowest BCUT2D eigenvalue weighted by Crippen LogP contribution is -2.55. The molecule has 0 radical (unpaired) electrons. The van der Waals surface area contributed by atoms with E-state index < -0.39 is 5.60 Å². The van der Waals surface area contributed by atoms with E-state index in [9.17, 15) is 4.79 Å². The van der Waals surface area contributed by atoms with Gasteiger partial charge in [0, 0.05) is 25.4 Å². The normalized spacial score (nSPS) is 25.3. The number of aliphatic hydroxyl groups is 1. The molecule has 1 fully saturated rings. The molecule has 0 bridgehead atoms. The van der Waals surface area contributed by atoms with E-state index in [0.29, 0.717) is 25.4 Å². The minimum atomic E-state index is -0.395. The molecule has 0 aromatic rings. The van der Waals surface area contributed by atoms with Crippen LogP contribution in [-0.2, 0) is 9.53 Å². The number of ether oxygens (including phenoxy) is 1. The van der Waals surface area contributed by atoms with Crippen molar-refractivity contribution in [2.45, 2.75) is 32.0 Å². The zero-order chi connectivity index (χ0) is 11.5. The Morgan fingerprint density at radius 3 is 2.87 bits per heavy atom. The largest absolute Gasteiger partial charge is 0.394 e. The van der Waals surface area contributed by atoms with Gasteiger partial charge in [-0.25, -0.2) is 0 Å². The minimum Gasteiger partial charge on any atom is -0.394 e. The molecule has 5 heteroatoms. The van der Waals surface area contributed by atoms with Gasteiger partial charge < -0.3 is 14.7 Å². The lowest BCUT2D eigenvalue weighted by atomic mass is 10.1. The standard InChI is InChI=1S/C10H18ClNO3/c1-10(2)7-12(9(14)3-4-11)5-8(6-13)15-10/h8,13H,3-7H2,1-2H3. The van der Waals surface area contributed by atoms with Crippen LogP contribution in [0.25, 0.3) is 0 Å². The number of amides is 1. The number of hydrogen-bond donors (Lipinski definition) is 1. The van der Waals surface area contributed by atoms with Gasteiger partial charge in [-0.2, -0.15) is 0 Å². The summed E-state index contributed by atoms with van der Waals surface area (Å²) in [6, 6.07) is 0. The molecule has 1 atom stereocenters. The van der Waals surface area contributed by atoms with Gasteiger partial charge in [0.2, 0.25) is 5.91 Å². The Labute approximate surface area is 95.2 Å². The van der Waals surface area contributed by atoms with Crippen LogP contribution in [-0.4, -0.2) is 53.2 Å². The van der Waals surface area contributed by atoms with E-state index in [1.165, 1.54) is 0 Å². The summed E-state index contributed by atoms with van der Waals surface area (Å²) in [5.74, 6) is 0.361. The molecule has 1 heterocycles. The van der Waals surface area contributed by atoms with Crippen LogP contribution in [0.3, 0.4) is 0 Å². The number of carbonyl (C=O) groups is 1. The summed E-state index contributed by atoms with van der Waals surface area (Å²) in [5, 5.41) is 9.06. The maximum Gasteiger partial charge on any atom is 0.223 e. The van der Waals surface area contributed by atoms with E-state index in [1.807, 2.05) is 13.8 Å². The summed E-state index contributed by atoms with van der Waals surface area (Å²) in [6.45, 7) is 4.77. The summed E-state index contributed by atoms with van der Waals surface area (Å²) in [7, 11) is 0. The van der Waals surface area contributed by atoms with Gasteiger partial charge in [0.05, 0.1) is 18.3 Å². The summed E-state index contributed by atoms with van der Waals surface area (Å²) in [6.07, 6.45) is 0.0588. The molecule has 1 rings (SSSR count). The third kappa shape index (κ3) is 3.63. The third-order valence-corrected chi connectivity index (χ3v) is 2.54. The molecule has 1 N–H and O–H groups in total. The molecule has 0 saturated carbocycles. The summed E-state index contributed by atoms with van der Waals surface area (Å²) >= 11 is 5.53. The number of carbonyl (C=O) groups excluding carboxylic acids is 1.